The first-order valence-electron chi connectivity index (χ1n) is 31.0. The van der Waals surface area contributed by atoms with Gasteiger partial charge in [0.25, 0.3) is 0 Å². The van der Waals surface area contributed by atoms with Crippen LogP contribution in [-0.4, -0.2) is 37.2 Å². The Kier molecular flexibility index (Phi) is 58.9. The molecule has 0 aromatic heterocycles. The zero-order chi connectivity index (χ0) is 54.3. The molecule has 0 saturated carbocycles. The molecule has 75 heavy (non-hydrogen) atoms. The lowest BCUT2D eigenvalue weighted by atomic mass is 10.0. The van der Waals surface area contributed by atoms with Crippen molar-refractivity contribution in [3.63, 3.8) is 0 Å². The van der Waals surface area contributed by atoms with Crippen molar-refractivity contribution in [2.75, 3.05) is 13.2 Å². The summed E-state index contributed by atoms with van der Waals surface area (Å²) in [4.78, 5) is 38.3. The smallest absolute Gasteiger partial charge is 0.306 e. The fraction of sp³-hybridized carbons (Fsp3) is 0.667. The molecule has 426 valence electrons. The summed E-state index contributed by atoms with van der Waals surface area (Å²) in [5, 5.41) is 0. The zero-order valence-electron chi connectivity index (χ0n) is 48.8. The molecule has 1 atom stereocenters. The fourth-order valence-corrected chi connectivity index (χ4v) is 8.29. The van der Waals surface area contributed by atoms with Crippen LogP contribution in [0, 0.1) is 0 Å². The van der Waals surface area contributed by atoms with E-state index in [9.17, 15) is 14.4 Å². The van der Waals surface area contributed by atoms with Gasteiger partial charge < -0.3 is 14.2 Å². The van der Waals surface area contributed by atoms with Gasteiger partial charge in [0.05, 0.1) is 0 Å². The quantitative estimate of drug-likeness (QED) is 0.0261. The van der Waals surface area contributed by atoms with Gasteiger partial charge in [0, 0.05) is 19.3 Å². The van der Waals surface area contributed by atoms with Gasteiger partial charge in [-0.3, -0.25) is 14.4 Å². The van der Waals surface area contributed by atoms with E-state index in [2.05, 4.69) is 136 Å². The van der Waals surface area contributed by atoms with E-state index in [0.29, 0.717) is 19.3 Å². The van der Waals surface area contributed by atoms with E-state index in [1.165, 1.54) is 128 Å². The standard InChI is InChI=1S/C69H114O6/c1-4-7-10-13-16-19-22-25-28-31-33-34-36-39-42-45-48-51-54-57-60-63-69(72)75-66(64-73-67(70)61-58-55-52-49-46-43-40-37-30-27-24-21-18-15-12-9-6-3)65-74-68(71)62-59-56-53-50-47-44-41-38-35-32-29-26-23-20-17-14-11-8-5-2/h9,12,17-18,20-21,25-30,35,38,40,43-44,47,53,56,66H,4-8,10-11,13-16,19,22-24,31-34,36-37,39,41-42,45-46,48-52,54-55,57-65H2,1-3H3/b12-9-,20-17-,21-18-,28-25-,29-26-,30-27-,38-35-,43-40-,47-44-,56-53-/t66-/m1/s1. The Balaban J connectivity index is 4.52. The fourth-order valence-electron chi connectivity index (χ4n) is 8.29. The van der Waals surface area contributed by atoms with Crippen molar-refractivity contribution in [2.24, 2.45) is 0 Å². The predicted octanol–water partition coefficient (Wildman–Crippen LogP) is 21.2. The minimum absolute atomic E-state index is 0.116. The van der Waals surface area contributed by atoms with Gasteiger partial charge in [-0.15, -0.1) is 0 Å². The second kappa shape index (κ2) is 62.4. The Labute approximate surface area is 462 Å². The minimum Gasteiger partial charge on any atom is -0.462 e. The lowest BCUT2D eigenvalue weighted by Gasteiger charge is -2.18. The van der Waals surface area contributed by atoms with Crippen LogP contribution in [0.4, 0.5) is 0 Å². The van der Waals surface area contributed by atoms with Crippen molar-refractivity contribution in [3.8, 4) is 0 Å². The summed E-state index contributed by atoms with van der Waals surface area (Å²) in [7, 11) is 0. The first kappa shape index (κ1) is 70.8. The molecule has 0 aromatic rings. The molecule has 0 aromatic carbocycles. The molecule has 0 rings (SSSR count). The van der Waals surface area contributed by atoms with Crippen LogP contribution in [-0.2, 0) is 28.6 Å². The highest BCUT2D eigenvalue weighted by molar-refractivity contribution is 5.71. The minimum atomic E-state index is -0.823. The van der Waals surface area contributed by atoms with Crippen LogP contribution in [0.25, 0.3) is 0 Å². The highest BCUT2D eigenvalue weighted by Crippen LogP contribution is 2.15. The van der Waals surface area contributed by atoms with Crippen molar-refractivity contribution < 1.29 is 28.6 Å². The van der Waals surface area contributed by atoms with Crippen molar-refractivity contribution >= 4 is 17.9 Å². The zero-order valence-corrected chi connectivity index (χ0v) is 48.8. The molecule has 0 aliphatic carbocycles. The van der Waals surface area contributed by atoms with E-state index in [0.717, 1.165) is 103 Å². The van der Waals surface area contributed by atoms with Crippen LogP contribution < -0.4 is 0 Å². The van der Waals surface area contributed by atoms with Gasteiger partial charge >= 0.3 is 17.9 Å². The maximum Gasteiger partial charge on any atom is 0.306 e. The summed E-state index contributed by atoms with van der Waals surface area (Å²) >= 11 is 0. The highest BCUT2D eigenvalue weighted by atomic mass is 16.6. The van der Waals surface area contributed by atoms with Crippen LogP contribution in [0.1, 0.15) is 278 Å². The molecule has 0 spiro atoms. The van der Waals surface area contributed by atoms with Crippen molar-refractivity contribution in [2.45, 2.75) is 284 Å². The van der Waals surface area contributed by atoms with Crippen LogP contribution >= 0.6 is 0 Å². The van der Waals surface area contributed by atoms with Crippen molar-refractivity contribution in [1.82, 2.24) is 0 Å². The molecular formula is C69H114O6. The highest BCUT2D eigenvalue weighted by Gasteiger charge is 2.19. The number of ether oxygens (including phenoxy) is 3. The molecule has 0 amide bonds. The molecule has 0 bridgehead atoms. The number of unbranched alkanes of at least 4 members (excludes halogenated alkanes) is 24. The third-order valence-corrected chi connectivity index (χ3v) is 12.9. The molecule has 0 fully saturated rings. The Morgan fingerprint density at radius 2 is 0.547 bits per heavy atom. The third kappa shape index (κ3) is 60.6. The lowest BCUT2D eigenvalue weighted by Crippen LogP contribution is -2.30. The number of rotatable bonds is 55. The number of hydrogen-bond acceptors (Lipinski definition) is 6. The molecule has 0 saturated heterocycles. The van der Waals surface area contributed by atoms with E-state index >= 15 is 0 Å². The summed E-state index contributed by atoms with van der Waals surface area (Å²) in [6.45, 7) is 6.42. The van der Waals surface area contributed by atoms with E-state index < -0.39 is 6.10 Å². The summed E-state index contributed by atoms with van der Waals surface area (Å²) in [6, 6.07) is 0. The second-order valence-electron chi connectivity index (χ2n) is 20.2. The Bertz CT molecular complexity index is 1570. The Morgan fingerprint density at radius 1 is 0.280 bits per heavy atom. The largest absolute Gasteiger partial charge is 0.462 e. The first-order chi connectivity index (χ1) is 37.0. The molecule has 0 radical (unpaired) electrons. The molecule has 0 unspecified atom stereocenters. The van der Waals surface area contributed by atoms with Gasteiger partial charge in [-0.25, -0.2) is 0 Å². The van der Waals surface area contributed by atoms with E-state index in [-0.39, 0.29) is 37.5 Å². The normalized spacial score (nSPS) is 12.9. The summed E-state index contributed by atoms with van der Waals surface area (Å²) in [5.74, 6) is -1.02. The first-order valence-corrected chi connectivity index (χ1v) is 31.0. The summed E-state index contributed by atoms with van der Waals surface area (Å²) < 4.78 is 16.8. The van der Waals surface area contributed by atoms with Crippen LogP contribution in [0.5, 0.6) is 0 Å². The third-order valence-electron chi connectivity index (χ3n) is 12.9. The van der Waals surface area contributed by atoms with E-state index in [1.807, 2.05) is 6.08 Å². The number of esters is 3. The van der Waals surface area contributed by atoms with Gasteiger partial charge in [-0.2, -0.15) is 0 Å². The molecule has 0 heterocycles. The number of allylic oxidation sites excluding steroid dienone is 20. The molecule has 0 aliphatic rings. The second-order valence-corrected chi connectivity index (χ2v) is 20.2. The van der Waals surface area contributed by atoms with Gasteiger partial charge in [0.15, 0.2) is 6.10 Å². The van der Waals surface area contributed by atoms with Gasteiger partial charge in [0.1, 0.15) is 13.2 Å². The summed E-state index contributed by atoms with van der Waals surface area (Å²) in [6.07, 6.45) is 86.3. The SMILES string of the molecule is CC/C=C\C/C=C\C/C=C\C/C=C\CCCCCCC(=O)OC[C@H](COC(=O)CC/C=C\C/C=C\C/C=C\C/C=C\C/C=C\CCCCC)OC(=O)CCCCCCCCCCCCC/C=C\CCCCCCCC. The van der Waals surface area contributed by atoms with Gasteiger partial charge in [-0.1, -0.05) is 258 Å². The number of hydrogen-bond donors (Lipinski definition) is 0. The number of carbonyl (C=O) groups excluding carboxylic acids is 3. The monoisotopic (exact) mass is 1040 g/mol. The molecule has 0 aliphatic heterocycles. The average molecular weight is 1040 g/mol. The van der Waals surface area contributed by atoms with E-state index in [1.54, 1.807) is 0 Å². The Hall–Kier alpha value is -4.19. The predicted molar refractivity (Wildman–Crippen MR) is 325 cm³/mol. The van der Waals surface area contributed by atoms with Crippen molar-refractivity contribution in [3.05, 3.63) is 122 Å². The topological polar surface area (TPSA) is 78.9 Å². The van der Waals surface area contributed by atoms with Crippen molar-refractivity contribution in [1.29, 1.82) is 0 Å². The molecular weight excluding hydrogens is 925 g/mol. The van der Waals surface area contributed by atoms with E-state index in [4.69, 9.17) is 14.2 Å². The maximum absolute atomic E-state index is 12.9. The molecule has 6 heteroatoms. The van der Waals surface area contributed by atoms with Gasteiger partial charge in [-0.05, 0) is 122 Å². The Morgan fingerprint density at radius 3 is 0.933 bits per heavy atom. The lowest BCUT2D eigenvalue weighted by molar-refractivity contribution is -0.166. The number of carbonyl (C=O) groups is 3. The van der Waals surface area contributed by atoms with Crippen LogP contribution in [0.15, 0.2) is 122 Å². The van der Waals surface area contributed by atoms with Crippen LogP contribution in [0.3, 0.4) is 0 Å². The van der Waals surface area contributed by atoms with Crippen LogP contribution in [0.2, 0.25) is 0 Å². The summed E-state index contributed by atoms with van der Waals surface area (Å²) in [5.41, 5.74) is 0. The maximum atomic E-state index is 12.9. The average Bonchev–Trinajstić information content (AvgIpc) is 3.41. The molecule has 6 nitrogen and oxygen atoms in total. The molecule has 0 N–H and O–H groups in total. The van der Waals surface area contributed by atoms with Gasteiger partial charge in [0.2, 0.25) is 0 Å².